The summed E-state index contributed by atoms with van der Waals surface area (Å²) < 4.78 is 25.3. The molecule has 28 heavy (non-hydrogen) atoms. The van der Waals surface area contributed by atoms with Crippen LogP contribution in [0.5, 0.6) is 5.75 Å². The number of pyridine rings is 1. The molecule has 2 heterocycles. The first kappa shape index (κ1) is 19.4. The zero-order chi connectivity index (χ0) is 20.1. The van der Waals surface area contributed by atoms with Gasteiger partial charge < -0.3 is 25.2 Å². The lowest BCUT2D eigenvalue weighted by atomic mass is 10.1. The van der Waals surface area contributed by atoms with E-state index in [0.717, 1.165) is 0 Å². The molecule has 0 saturated carbocycles. The van der Waals surface area contributed by atoms with Gasteiger partial charge in [0, 0.05) is 5.56 Å². The van der Waals surface area contributed by atoms with Crippen LogP contribution < -0.4 is 20.7 Å². The largest absolute Gasteiger partial charge is 0.485 e. The van der Waals surface area contributed by atoms with Crippen LogP contribution in [0.4, 0.5) is 14.9 Å². The topological polar surface area (TPSA) is 134 Å². The third-order valence-corrected chi connectivity index (χ3v) is 4.10. The molecule has 1 aromatic heterocycles. The summed E-state index contributed by atoms with van der Waals surface area (Å²) in [6.07, 6.45) is 0.511. The van der Waals surface area contributed by atoms with Crippen molar-refractivity contribution >= 4 is 17.7 Å². The summed E-state index contributed by atoms with van der Waals surface area (Å²) in [5.41, 5.74) is 6.19. The minimum atomic E-state index is -0.921. The molecule has 3 rings (SSSR count). The number of alkyl carbamates (subject to hydrolysis) is 1. The number of ether oxygens (including phenoxy) is 2. The molecule has 5 N–H and O–H groups in total. The molecular weight excluding hydrogens is 369 g/mol. The van der Waals surface area contributed by atoms with E-state index in [1.54, 1.807) is 30.5 Å². The standard InChI is InChI=1S/C18H20FN5O4/c19-16-11(10-27-18(26)23-17(20)21)2-1-3-15(16)24-7-14(8-24)28-13-5-4-12(9-25)22-6-13/h1-6,14,25H,7-10H2,(H4,20,21,23,26). The quantitative estimate of drug-likeness (QED) is 0.429. The van der Waals surface area contributed by atoms with Gasteiger partial charge in [-0.05, 0) is 18.2 Å². The summed E-state index contributed by atoms with van der Waals surface area (Å²) in [6, 6.07) is 8.24. The Kier molecular flexibility index (Phi) is 5.90. The molecule has 1 aliphatic heterocycles. The number of guanidine groups is 1. The van der Waals surface area contributed by atoms with Crippen molar-refractivity contribution in [3.8, 4) is 5.75 Å². The van der Waals surface area contributed by atoms with Gasteiger partial charge in [0.25, 0.3) is 0 Å². The first-order chi connectivity index (χ1) is 13.5. The van der Waals surface area contributed by atoms with Crippen LogP contribution >= 0.6 is 0 Å². The molecule has 0 unspecified atom stereocenters. The van der Waals surface area contributed by atoms with Crippen LogP contribution in [0, 0.1) is 11.2 Å². The molecular formula is C18H20FN5O4. The summed E-state index contributed by atoms with van der Waals surface area (Å²) in [6.45, 7) is 0.574. The minimum Gasteiger partial charge on any atom is -0.485 e. The van der Waals surface area contributed by atoms with E-state index in [1.807, 2.05) is 10.2 Å². The lowest BCUT2D eigenvalue weighted by molar-refractivity contribution is 0.143. The Labute approximate surface area is 160 Å². The van der Waals surface area contributed by atoms with Crippen molar-refractivity contribution < 1.29 is 23.8 Å². The van der Waals surface area contributed by atoms with E-state index < -0.39 is 17.9 Å². The molecule has 10 heteroatoms. The van der Waals surface area contributed by atoms with Gasteiger partial charge in [-0.15, -0.1) is 0 Å². The number of halogens is 1. The van der Waals surface area contributed by atoms with Gasteiger partial charge in [0.1, 0.15) is 18.5 Å². The molecule has 0 spiro atoms. The van der Waals surface area contributed by atoms with Gasteiger partial charge in [-0.3, -0.25) is 15.7 Å². The highest BCUT2D eigenvalue weighted by Gasteiger charge is 2.31. The summed E-state index contributed by atoms with van der Waals surface area (Å²) in [5, 5.41) is 17.9. The summed E-state index contributed by atoms with van der Waals surface area (Å²) in [4.78, 5) is 17.2. The van der Waals surface area contributed by atoms with Gasteiger partial charge in [0.15, 0.2) is 11.8 Å². The number of carbonyl (C=O) groups excluding carboxylic acids is 1. The monoisotopic (exact) mass is 389 g/mol. The lowest BCUT2D eigenvalue weighted by Gasteiger charge is -2.40. The van der Waals surface area contributed by atoms with Gasteiger partial charge in [0.2, 0.25) is 0 Å². The van der Waals surface area contributed by atoms with Crippen molar-refractivity contribution in [2.75, 3.05) is 18.0 Å². The van der Waals surface area contributed by atoms with Crippen LogP contribution in [0.3, 0.4) is 0 Å². The predicted molar refractivity (Wildman–Crippen MR) is 98.4 cm³/mol. The fraction of sp³-hybridized carbons (Fsp3) is 0.278. The highest BCUT2D eigenvalue weighted by atomic mass is 19.1. The van der Waals surface area contributed by atoms with Gasteiger partial charge in [-0.2, -0.15) is 0 Å². The smallest absolute Gasteiger partial charge is 0.414 e. The lowest BCUT2D eigenvalue weighted by Crippen LogP contribution is -2.54. The van der Waals surface area contributed by atoms with Crippen LogP contribution in [-0.2, 0) is 18.0 Å². The van der Waals surface area contributed by atoms with Crippen molar-refractivity contribution in [3.05, 3.63) is 53.6 Å². The molecule has 1 amide bonds. The maximum Gasteiger partial charge on any atom is 0.414 e. The second-order valence-electron chi connectivity index (χ2n) is 6.15. The average Bonchev–Trinajstić information content (AvgIpc) is 2.64. The fourth-order valence-corrected chi connectivity index (χ4v) is 2.69. The van der Waals surface area contributed by atoms with E-state index in [-0.39, 0.29) is 24.9 Å². The Morgan fingerprint density at radius 2 is 2.18 bits per heavy atom. The van der Waals surface area contributed by atoms with Crippen LogP contribution in [0.15, 0.2) is 36.5 Å². The minimum absolute atomic E-state index is 0.109. The Balaban J connectivity index is 1.55. The highest BCUT2D eigenvalue weighted by Crippen LogP contribution is 2.28. The summed E-state index contributed by atoms with van der Waals surface area (Å²) in [5.74, 6) is -0.446. The van der Waals surface area contributed by atoms with Crippen molar-refractivity contribution in [2.24, 2.45) is 5.73 Å². The second-order valence-corrected chi connectivity index (χ2v) is 6.15. The molecule has 9 nitrogen and oxygen atoms in total. The van der Waals surface area contributed by atoms with Crippen LogP contribution in [0.2, 0.25) is 0 Å². The third-order valence-electron chi connectivity index (χ3n) is 4.10. The third kappa shape index (κ3) is 4.65. The van der Waals surface area contributed by atoms with Crippen LogP contribution in [0.25, 0.3) is 0 Å². The van der Waals surface area contributed by atoms with Crippen molar-refractivity contribution in [2.45, 2.75) is 19.3 Å². The number of nitrogens with zero attached hydrogens (tertiary/aromatic N) is 2. The number of rotatable bonds is 6. The number of amides is 1. The molecule has 148 valence electrons. The number of carbonyl (C=O) groups is 1. The number of anilines is 1. The SMILES string of the molecule is N=C(N)NC(=O)OCc1cccc(N2CC(Oc3ccc(CO)nc3)C2)c1F. The van der Waals surface area contributed by atoms with Crippen molar-refractivity contribution in [1.82, 2.24) is 10.3 Å². The molecule has 0 bridgehead atoms. The average molecular weight is 389 g/mol. The molecule has 1 saturated heterocycles. The molecule has 1 fully saturated rings. The molecule has 0 radical (unpaired) electrons. The van der Waals surface area contributed by atoms with Gasteiger partial charge >= 0.3 is 6.09 Å². The Hall–Kier alpha value is -3.40. The van der Waals surface area contributed by atoms with Gasteiger partial charge in [-0.1, -0.05) is 12.1 Å². The normalized spacial score (nSPS) is 13.6. The zero-order valence-electron chi connectivity index (χ0n) is 14.9. The van der Waals surface area contributed by atoms with Crippen molar-refractivity contribution in [3.63, 3.8) is 0 Å². The van der Waals surface area contributed by atoms with E-state index in [0.29, 0.717) is 30.2 Å². The van der Waals surface area contributed by atoms with Crippen LogP contribution in [0.1, 0.15) is 11.3 Å². The first-order valence-corrected chi connectivity index (χ1v) is 8.49. The van der Waals surface area contributed by atoms with Crippen molar-refractivity contribution in [1.29, 1.82) is 5.41 Å². The van der Waals surface area contributed by atoms with E-state index in [2.05, 4.69) is 4.98 Å². The zero-order valence-corrected chi connectivity index (χ0v) is 14.9. The maximum absolute atomic E-state index is 14.7. The van der Waals surface area contributed by atoms with Gasteiger partial charge in [-0.25, -0.2) is 9.18 Å². The number of hydrogen-bond donors (Lipinski definition) is 4. The van der Waals surface area contributed by atoms with E-state index >= 15 is 0 Å². The highest BCUT2D eigenvalue weighted by molar-refractivity contribution is 5.90. The van der Waals surface area contributed by atoms with E-state index in [9.17, 15) is 9.18 Å². The molecule has 0 aliphatic carbocycles. The van der Waals surface area contributed by atoms with Crippen LogP contribution in [-0.4, -0.2) is 41.3 Å². The predicted octanol–water partition coefficient (Wildman–Crippen LogP) is 1.10. The molecule has 1 aliphatic rings. The maximum atomic E-state index is 14.7. The Morgan fingerprint density at radius 1 is 1.39 bits per heavy atom. The number of nitrogens with one attached hydrogen (secondary N) is 2. The number of aromatic nitrogens is 1. The number of nitrogens with two attached hydrogens (primary N) is 1. The number of aliphatic hydroxyl groups is 1. The Bertz CT molecular complexity index is 856. The van der Waals surface area contributed by atoms with E-state index in [1.165, 1.54) is 6.07 Å². The number of aliphatic hydroxyl groups excluding tert-OH is 1. The number of benzene rings is 1. The Morgan fingerprint density at radius 3 is 2.82 bits per heavy atom. The van der Waals surface area contributed by atoms with E-state index in [4.69, 9.17) is 25.7 Å². The van der Waals surface area contributed by atoms with Gasteiger partial charge in [0.05, 0.1) is 37.3 Å². The summed E-state index contributed by atoms with van der Waals surface area (Å²) in [7, 11) is 0. The molecule has 1 aromatic carbocycles. The first-order valence-electron chi connectivity index (χ1n) is 8.49. The fourth-order valence-electron chi connectivity index (χ4n) is 2.69. The second kappa shape index (κ2) is 8.53. The number of hydrogen-bond acceptors (Lipinski definition) is 7. The summed E-state index contributed by atoms with van der Waals surface area (Å²) >= 11 is 0. The molecule has 0 atom stereocenters. The molecule has 2 aromatic rings.